The molecular weight excluding hydrogens is 320 g/mol. The summed E-state index contributed by atoms with van der Waals surface area (Å²) in [6.07, 6.45) is 4.94. The molecule has 5 nitrogen and oxygen atoms in total. The van der Waals surface area contributed by atoms with Gasteiger partial charge < -0.3 is 20.1 Å². The van der Waals surface area contributed by atoms with Crippen molar-refractivity contribution in [3.05, 3.63) is 71.5 Å². The Morgan fingerprint density at radius 1 is 1.12 bits per heavy atom. The van der Waals surface area contributed by atoms with Crippen molar-refractivity contribution in [1.82, 2.24) is 0 Å². The van der Waals surface area contributed by atoms with E-state index in [-0.39, 0.29) is 29.5 Å². The molecule has 2 aromatic rings. The number of aromatic hydroxyl groups is 2. The Bertz CT molecular complexity index is 788. The van der Waals surface area contributed by atoms with Crippen LogP contribution in [0.15, 0.2) is 60.4 Å². The fourth-order valence-electron chi connectivity index (χ4n) is 2.20. The number of hydrogen-bond acceptors (Lipinski definition) is 5. The highest BCUT2D eigenvalue weighted by molar-refractivity contribution is 5.90. The molecule has 0 saturated carbocycles. The zero-order valence-electron chi connectivity index (χ0n) is 13.8. The number of allylic oxidation sites excluding steroid dienone is 2. The third kappa shape index (κ3) is 5.73. The molecule has 0 spiro atoms. The van der Waals surface area contributed by atoms with Gasteiger partial charge in [-0.1, -0.05) is 24.3 Å². The van der Waals surface area contributed by atoms with Crippen molar-refractivity contribution in [1.29, 1.82) is 0 Å². The van der Waals surface area contributed by atoms with Crippen LogP contribution in [0.25, 0.3) is 6.08 Å². The van der Waals surface area contributed by atoms with Crippen LogP contribution in [0.2, 0.25) is 0 Å². The van der Waals surface area contributed by atoms with Crippen molar-refractivity contribution >= 4 is 11.9 Å². The number of aliphatic hydroxyl groups is 1. The van der Waals surface area contributed by atoms with Gasteiger partial charge in [0.1, 0.15) is 11.5 Å². The first-order valence-corrected chi connectivity index (χ1v) is 7.74. The van der Waals surface area contributed by atoms with Gasteiger partial charge in [0.15, 0.2) is 17.3 Å². The number of ether oxygens (including phenoxy) is 1. The van der Waals surface area contributed by atoms with Crippen LogP contribution in [-0.2, 0) is 11.2 Å². The van der Waals surface area contributed by atoms with E-state index >= 15 is 0 Å². The highest BCUT2D eigenvalue weighted by Gasteiger charge is 2.05. The first kappa shape index (κ1) is 18.1. The largest absolute Gasteiger partial charge is 0.508 e. The normalized spacial score (nSPS) is 11.6. The van der Waals surface area contributed by atoms with E-state index in [2.05, 4.69) is 0 Å². The Morgan fingerprint density at radius 2 is 1.84 bits per heavy atom. The maximum atomic E-state index is 11.9. The number of carbonyl (C=O) groups excluding carboxylic acids is 1. The number of benzene rings is 2. The minimum atomic E-state index is -0.208. The minimum Gasteiger partial charge on any atom is -0.508 e. The van der Waals surface area contributed by atoms with Gasteiger partial charge in [0.2, 0.25) is 0 Å². The molecule has 0 saturated heterocycles. The summed E-state index contributed by atoms with van der Waals surface area (Å²) in [5.74, 6) is 0.230. The van der Waals surface area contributed by atoms with Gasteiger partial charge in [-0.2, -0.15) is 0 Å². The van der Waals surface area contributed by atoms with Crippen LogP contribution in [-0.4, -0.2) is 28.2 Å². The molecular formula is C20H20O5. The van der Waals surface area contributed by atoms with Crippen molar-refractivity contribution in [3.63, 3.8) is 0 Å². The van der Waals surface area contributed by atoms with E-state index in [1.54, 1.807) is 30.3 Å². The van der Waals surface area contributed by atoms with E-state index in [0.29, 0.717) is 12.2 Å². The number of aliphatic hydroxyl groups excluding tert-OH is 1. The Morgan fingerprint density at radius 3 is 2.52 bits per heavy atom. The van der Waals surface area contributed by atoms with Gasteiger partial charge in [0.25, 0.3) is 0 Å². The molecule has 0 aliphatic rings. The number of rotatable bonds is 7. The van der Waals surface area contributed by atoms with E-state index < -0.39 is 0 Å². The van der Waals surface area contributed by atoms with Crippen molar-refractivity contribution < 1.29 is 24.9 Å². The van der Waals surface area contributed by atoms with Gasteiger partial charge in [0, 0.05) is 12.5 Å². The Labute approximate surface area is 146 Å². The molecule has 0 aliphatic carbocycles. The number of phenols is 2. The number of hydrogen-bond donors (Lipinski definition) is 3. The monoisotopic (exact) mass is 340 g/mol. The summed E-state index contributed by atoms with van der Waals surface area (Å²) < 4.78 is 5.03. The molecule has 3 N–H and O–H groups in total. The minimum absolute atomic E-state index is 0.0504. The lowest BCUT2D eigenvalue weighted by Crippen LogP contribution is -1.98. The lowest BCUT2D eigenvalue weighted by atomic mass is 10.1. The Balaban J connectivity index is 1.91. The second kappa shape index (κ2) is 8.59. The maximum Gasteiger partial charge on any atom is 0.160 e. The zero-order chi connectivity index (χ0) is 18.2. The van der Waals surface area contributed by atoms with Crippen molar-refractivity contribution in [2.45, 2.75) is 12.8 Å². The van der Waals surface area contributed by atoms with Crippen LogP contribution in [0.3, 0.4) is 0 Å². The molecule has 2 aromatic carbocycles. The van der Waals surface area contributed by atoms with Crippen LogP contribution >= 0.6 is 0 Å². The lowest BCUT2D eigenvalue weighted by Gasteiger charge is -2.05. The van der Waals surface area contributed by atoms with Gasteiger partial charge in [-0.15, -0.1) is 0 Å². The van der Waals surface area contributed by atoms with Gasteiger partial charge >= 0.3 is 0 Å². The third-order valence-electron chi connectivity index (χ3n) is 3.55. The molecule has 0 aliphatic heterocycles. The molecule has 25 heavy (non-hydrogen) atoms. The van der Waals surface area contributed by atoms with Gasteiger partial charge in [-0.25, -0.2) is 0 Å². The summed E-state index contributed by atoms with van der Waals surface area (Å²) in [6, 6.07) is 11.4. The number of phenolic OH excluding ortho intramolecular Hbond substituents is 2. The molecule has 0 unspecified atom stereocenters. The molecule has 0 heterocycles. The van der Waals surface area contributed by atoms with E-state index in [1.807, 2.05) is 0 Å². The topological polar surface area (TPSA) is 87.0 Å². The number of aryl methyl sites for hydroxylation is 1. The van der Waals surface area contributed by atoms with Crippen LogP contribution in [0.4, 0.5) is 0 Å². The zero-order valence-corrected chi connectivity index (χ0v) is 13.8. The summed E-state index contributed by atoms with van der Waals surface area (Å²) in [5.41, 5.74) is 1.65. The van der Waals surface area contributed by atoms with Crippen molar-refractivity contribution in [2.75, 3.05) is 7.11 Å². The predicted octanol–water partition coefficient (Wildman–Crippen LogP) is 3.76. The van der Waals surface area contributed by atoms with Gasteiger partial charge in [-0.05, 0) is 47.9 Å². The number of ketones is 1. The van der Waals surface area contributed by atoms with Gasteiger partial charge in [-0.3, -0.25) is 4.79 Å². The molecule has 5 heteroatoms. The Hall–Kier alpha value is -3.21. The summed E-state index contributed by atoms with van der Waals surface area (Å²) in [7, 11) is 1.46. The quantitative estimate of drug-likeness (QED) is 0.406. The average Bonchev–Trinajstić information content (AvgIpc) is 2.60. The predicted molar refractivity (Wildman–Crippen MR) is 95.8 cm³/mol. The maximum absolute atomic E-state index is 11.9. The molecule has 0 atom stereocenters. The number of carbonyl (C=O) groups is 1. The van der Waals surface area contributed by atoms with Gasteiger partial charge in [0.05, 0.1) is 7.11 Å². The van der Waals surface area contributed by atoms with E-state index in [0.717, 1.165) is 11.1 Å². The molecule has 0 amide bonds. The van der Waals surface area contributed by atoms with E-state index in [9.17, 15) is 20.1 Å². The Kier molecular flexibility index (Phi) is 6.23. The molecule has 0 aromatic heterocycles. The summed E-state index contributed by atoms with van der Waals surface area (Å²) >= 11 is 0. The highest BCUT2D eigenvalue weighted by atomic mass is 16.5. The molecule has 0 radical (unpaired) electrons. The molecule has 0 bridgehead atoms. The van der Waals surface area contributed by atoms with E-state index in [1.165, 1.54) is 37.5 Å². The van der Waals surface area contributed by atoms with Crippen LogP contribution in [0.5, 0.6) is 17.2 Å². The average molecular weight is 340 g/mol. The first-order valence-electron chi connectivity index (χ1n) is 7.74. The van der Waals surface area contributed by atoms with E-state index in [4.69, 9.17) is 4.74 Å². The summed E-state index contributed by atoms with van der Waals surface area (Å²) in [5, 5.41) is 28.5. The molecule has 0 fully saturated rings. The number of methoxy groups -OCH3 is 1. The fourth-order valence-corrected chi connectivity index (χ4v) is 2.20. The second-order valence-electron chi connectivity index (χ2n) is 5.47. The van der Waals surface area contributed by atoms with Crippen LogP contribution < -0.4 is 4.74 Å². The summed E-state index contributed by atoms with van der Waals surface area (Å²) in [6.45, 7) is 0. The van der Waals surface area contributed by atoms with Crippen LogP contribution in [0.1, 0.15) is 17.5 Å². The SMILES string of the molecule is COc1cc(CCC(=O)C=C(O)C=Cc2ccc(O)cc2)ccc1O. The fraction of sp³-hybridized carbons (Fsp3) is 0.150. The highest BCUT2D eigenvalue weighted by Crippen LogP contribution is 2.26. The van der Waals surface area contributed by atoms with Crippen molar-refractivity contribution in [2.24, 2.45) is 0 Å². The first-order chi connectivity index (χ1) is 12.0. The summed E-state index contributed by atoms with van der Waals surface area (Å²) in [4.78, 5) is 11.9. The molecule has 2 rings (SSSR count). The smallest absolute Gasteiger partial charge is 0.160 e. The lowest BCUT2D eigenvalue weighted by molar-refractivity contribution is -0.114. The third-order valence-corrected chi connectivity index (χ3v) is 3.55. The van der Waals surface area contributed by atoms with Crippen LogP contribution in [0, 0.1) is 0 Å². The molecule has 130 valence electrons. The standard InChI is InChI=1S/C20H20O5/c1-25-20-12-15(6-11-19(20)24)5-10-18(23)13-17(22)9-4-14-2-7-16(21)8-3-14/h2-4,6-9,11-13,21-22,24H,5,10H2,1H3. The van der Waals surface area contributed by atoms with Crippen molar-refractivity contribution in [3.8, 4) is 17.2 Å². The second-order valence-corrected chi connectivity index (χ2v) is 5.47.